The molecule has 0 aromatic heterocycles. The van der Waals surface area contributed by atoms with E-state index in [1.54, 1.807) is 0 Å². The molecule has 1 heterocycles. The van der Waals surface area contributed by atoms with Gasteiger partial charge in [0.05, 0.1) is 11.7 Å². The summed E-state index contributed by atoms with van der Waals surface area (Å²) in [5.41, 5.74) is 2.24. The van der Waals surface area contributed by atoms with Crippen LogP contribution in [-0.4, -0.2) is 36.4 Å². The lowest BCUT2D eigenvalue weighted by Crippen LogP contribution is -2.54. The summed E-state index contributed by atoms with van der Waals surface area (Å²) >= 11 is 0. The van der Waals surface area contributed by atoms with E-state index in [1.807, 2.05) is 13.0 Å². The smallest absolute Gasteiger partial charge is 0.302 e. The average Bonchev–Trinajstić information content (AvgIpc) is 3.27. The van der Waals surface area contributed by atoms with Crippen LogP contribution in [0.4, 0.5) is 0 Å². The number of esters is 2. The third kappa shape index (κ3) is 4.76. The molecule has 0 bridgehead atoms. The molecule has 2 saturated carbocycles. The van der Waals surface area contributed by atoms with Gasteiger partial charge < -0.3 is 14.2 Å². The molecule has 3 aliphatic rings. The first kappa shape index (κ1) is 22.1. The predicted molar refractivity (Wildman–Crippen MR) is 111 cm³/mol. The Bertz CT molecular complexity index is 710. The summed E-state index contributed by atoms with van der Waals surface area (Å²) in [6.07, 6.45) is 8.09. The Morgan fingerprint density at radius 2 is 1.97 bits per heavy atom. The Morgan fingerprint density at radius 3 is 2.62 bits per heavy atom. The summed E-state index contributed by atoms with van der Waals surface area (Å²) in [5, 5.41) is 0. The zero-order valence-electron chi connectivity index (χ0n) is 18.6. The summed E-state index contributed by atoms with van der Waals surface area (Å²) in [7, 11) is 0. The molecule has 6 atom stereocenters. The number of carbonyl (C=O) groups excluding carboxylic acids is 2. The summed E-state index contributed by atoms with van der Waals surface area (Å²) < 4.78 is 16.9. The molecule has 1 saturated heterocycles. The molecule has 1 unspecified atom stereocenters. The number of epoxide rings is 1. The molecule has 162 valence electrons. The van der Waals surface area contributed by atoms with E-state index in [2.05, 4.69) is 20.4 Å². The SMILES string of the molecule is C=C1CC[C@H]2O[C@@]2(C)CC[C@H]2[C@H]1C[C@]2(C)C(C/C=C(/C)COC(C)=O)OC(C)=O. The first-order chi connectivity index (χ1) is 13.5. The first-order valence-electron chi connectivity index (χ1n) is 10.9. The molecule has 5 nitrogen and oxygen atoms in total. The van der Waals surface area contributed by atoms with Gasteiger partial charge in [-0.15, -0.1) is 0 Å². The summed E-state index contributed by atoms with van der Waals surface area (Å²) in [4.78, 5) is 22.9. The van der Waals surface area contributed by atoms with Gasteiger partial charge in [0.1, 0.15) is 12.7 Å². The van der Waals surface area contributed by atoms with Crippen molar-refractivity contribution in [2.75, 3.05) is 6.61 Å². The lowest BCUT2D eigenvalue weighted by atomic mass is 9.49. The monoisotopic (exact) mass is 404 g/mol. The lowest BCUT2D eigenvalue weighted by molar-refractivity contribution is -0.170. The molecule has 5 heteroatoms. The van der Waals surface area contributed by atoms with Crippen molar-refractivity contribution in [2.24, 2.45) is 17.3 Å². The van der Waals surface area contributed by atoms with Crippen molar-refractivity contribution in [3.63, 3.8) is 0 Å². The largest absolute Gasteiger partial charge is 0.462 e. The number of carbonyl (C=O) groups is 2. The zero-order chi connectivity index (χ0) is 21.4. The second-order valence-electron chi connectivity index (χ2n) is 9.74. The van der Waals surface area contributed by atoms with Crippen LogP contribution in [0.25, 0.3) is 0 Å². The molecule has 3 fully saturated rings. The van der Waals surface area contributed by atoms with Crippen LogP contribution in [0, 0.1) is 17.3 Å². The third-order valence-corrected chi connectivity index (χ3v) is 7.46. The number of rotatable bonds is 6. The van der Waals surface area contributed by atoms with Gasteiger partial charge in [0.2, 0.25) is 0 Å². The fourth-order valence-corrected chi connectivity index (χ4v) is 5.45. The predicted octanol–water partition coefficient (Wildman–Crippen LogP) is 4.75. The van der Waals surface area contributed by atoms with Gasteiger partial charge in [0.15, 0.2) is 0 Å². The average molecular weight is 405 g/mol. The summed E-state index contributed by atoms with van der Waals surface area (Å²) in [6.45, 7) is 14.0. The van der Waals surface area contributed by atoms with Crippen LogP contribution in [-0.2, 0) is 23.8 Å². The maximum Gasteiger partial charge on any atom is 0.302 e. The second kappa shape index (κ2) is 8.25. The highest BCUT2D eigenvalue weighted by molar-refractivity contribution is 5.66. The van der Waals surface area contributed by atoms with Crippen LogP contribution in [0.2, 0.25) is 0 Å². The van der Waals surface area contributed by atoms with Crippen molar-refractivity contribution >= 4 is 11.9 Å². The van der Waals surface area contributed by atoms with Crippen LogP contribution >= 0.6 is 0 Å². The lowest BCUT2D eigenvalue weighted by Gasteiger charge is -2.57. The summed E-state index contributed by atoms with van der Waals surface area (Å²) in [6, 6.07) is 0. The fraction of sp³-hybridized carbons (Fsp3) is 0.750. The third-order valence-electron chi connectivity index (χ3n) is 7.46. The van der Waals surface area contributed by atoms with Crippen molar-refractivity contribution in [3.8, 4) is 0 Å². The van der Waals surface area contributed by atoms with E-state index in [9.17, 15) is 9.59 Å². The molecule has 0 aromatic rings. The molecule has 0 spiro atoms. The molecule has 2 aliphatic carbocycles. The minimum absolute atomic E-state index is 0.0170. The number of hydrogen-bond acceptors (Lipinski definition) is 5. The van der Waals surface area contributed by atoms with E-state index in [1.165, 1.54) is 19.4 Å². The van der Waals surface area contributed by atoms with Crippen LogP contribution in [0.1, 0.15) is 73.1 Å². The Labute approximate surface area is 174 Å². The standard InChI is InChI=1S/C24H36O5/c1-15(14-27-17(3)25)7-9-21(28-18(4)26)23(5)13-19-16(2)8-10-22-24(6,29-22)12-11-20(19)23/h7,19-22H,2,8-14H2,1,3-6H3/b15-7-/t19-,20-,21?,22+,23-,24-/m0/s1. The van der Waals surface area contributed by atoms with Gasteiger partial charge in [-0.3, -0.25) is 9.59 Å². The highest BCUT2D eigenvalue weighted by Gasteiger charge is 2.59. The van der Waals surface area contributed by atoms with Gasteiger partial charge >= 0.3 is 11.9 Å². The molecule has 0 amide bonds. The van der Waals surface area contributed by atoms with Crippen molar-refractivity contribution in [1.82, 2.24) is 0 Å². The van der Waals surface area contributed by atoms with E-state index in [4.69, 9.17) is 14.2 Å². The van der Waals surface area contributed by atoms with E-state index < -0.39 is 0 Å². The fourth-order valence-electron chi connectivity index (χ4n) is 5.45. The second-order valence-corrected chi connectivity index (χ2v) is 9.74. The van der Waals surface area contributed by atoms with Crippen LogP contribution < -0.4 is 0 Å². The Morgan fingerprint density at radius 1 is 1.24 bits per heavy atom. The number of ether oxygens (including phenoxy) is 3. The quantitative estimate of drug-likeness (QED) is 0.363. The van der Waals surface area contributed by atoms with Crippen molar-refractivity contribution in [2.45, 2.75) is 91.0 Å². The Kier molecular flexibility index (Phi) is 6.28. The molecule has 0 aromatic carbocycles. The molecule has 0 radical (unpaired) electrons. The number of hydrogen-bond donors (Lipinski definition) is 0. The Hall–Kier alpha value is -1.62. The van der Waals surface area contributed by atoms with Gasteiger partial charge in [0.25, 0.3) is 0 Å². The van der Waals surface area contributed by atoms with Gasteiger partial charge in [-0.1, -0.05) is 25.2 Å². The Balaban J connectivity index is 1.74. The minimum Gasteiger partial charge on any atom is -0.462 e. The normalized spacial score (nSPS) is 37.6. The molecular formula is C24H36O5. The van der Waals surface area contributed by atoms with Gasteiger partial charge in [-0.25, -0.2) is 0 Å². The molecule has 29 heavy (non-hydrogen) atoms. The van der Waals surface area contributed by atoms with Crippen molar-refractivity contribution in [1.29, 1.82) is 0 Å². The first-order valence-corrected chi connectivity index (χ1v) is 10.9. The number of allylic oxidation sites excluding steroid dienone is 1. The van der Waals surface area contributed by atoms with E-state index >= 15 is 0 Å². The van der Waals surface area contributed by atoms with Crippen molar-refractivity contribution in [3.05, 3.63) is 23.8 Å². The van der Waals surface area contributed by atoms with E-state index in [0.717, 1.165) is 37.7 Å². The van der Waals surface area contributed by atoms with Crippen LogP contribution in [0.5, 0.6) is 0 Å². The molecule has 0 N–H and O–H groups in total. The van der Waals surface area contributed by atoms with Gasteiger partial charge in [-0.05, 0) is 63.4 Å². The van der Waals surface area contributed by atoms with Crippen molar-refractivity contribution < 1.29 is 23.8 Å². The summed E-state index contributed by atoms with van der Waals surface area (Å²) in [5.74, 6) is 0.415. The van der Waals surface area contributed by atoms with E-state index in [-0.39, 0.29) is 35.7 Å². The van der Waals surface area contributed by atoms with E-state index in [0.29, 0.717) is 24.4 Å². The molecule has 3 rings (SSSR count). The minimum atomic E-state index is -0.290. The zero-order valence-corrected chi connectivity index (χ0v) is 18.6. The van der Waals surface area contributed by atoms with Gasteiger partial charge in [-0.2, -0.15) is 0 Å². The highest BCUT2D eigenvalue weighted by Crippen LogP contribution is 2.61. The number of fused-ring (bicyclic) bond motifs is 2. The topological polar surface area (TPSA) is 65.1 Å². The van der Waals surface area contributed by atoms with Gasteiger partial charge in [0, 0.05) is 25.7 Å². The molecule has 1 aliphatic heterocycles. The van der Waals surface area contributed by atoms with Crippen LogP contribution in [0.3, 0.4) is 0 Å². The highest BCUT2D eigenvalue weighted by atomic mass is 16.6. The maximum atomic E-state index is 11.9. The maximum absolute atomic E-state index is 11.9. The van der Waals surface area contributed by atoms with Crippen LogP contribution in [0.15, 0.2) is 23.8 Å². The molecular weight excluding hydrogens is 368 g/mol.